The SMILES string of the molecule is Cc1ccc(C(C)NC(=O)COc2ccc3ccccc3c2Br)cc1. The molecule has 128 valence electrons. The second-order valence-electron chi connectivity index (χ2n) is 6.09. The summed E-state index contributed by atoms with van der Waals surface area (Å²) in [6, 6.07) is 20.0. The Balaban J connectivity index is 1.62. The second-order valence-corrected chi connectivity index (χ2v) is 6.88. The highest BCUT2D eigenvalue weighted by molar-refractivity contribution is 9.10. The van der Waals surface area contributed by atoms with Crippen LogP contribution in [0.1, 0.15) is 24.1 Å². The minimum Gasteiger partial charge on any atom is -0.483 e. The predicted octanol–water partition coefficient (Wildman–Crippen LogP) is 5.17. The van der Waals surface area contributed by atoms with Crippen LogP contribution in [0.5, 0.6) is 5.75 Å². The van der Waals surface area contributed by atoms with Gasteiger partial charge in [-0.1, -0.05) is 60.2 Å². The van der Waals surface area contributed by atoms with Gasteiger partial charge in [-0.05, 0) is 52.2 Å². The number of nitrogens with one attached hydrogen (secondary N) is 1. The van der Waals surface area contributed by atoms with Crippen molar-refractivity contribution in [2.75, 3.05) is 6.61 Å². The normalized spacial score (nSPS) is 12.0. The zero-order valence-electron chi connectivity index (χ0n) is 14.3. The highest BCUT2D eigenvalue weighted by Crippen LogP contribution is 2.32. The van der Waals surface area contributed by atoms with Crippen molar-refractivity contribution >= 4 is 32.6 Å². The summed E-state index contributed by atoms with van der Waals surface area (Å²) in [6.07, 6.45) is 0. The lowest BCUT2D eigenvalue weighted by Gasteiger charge is -2.15. The maximum Gasteiger partial charge on any atom is 0.258 e. The molecule has 0 radical (unpaired) electrons. The van der Waals surface area contributed by atoms with E-state index in [4.69, 9.17) is 4.74 Å². The fourth-order valence-corrected chi connectivity index (χ4v) is 3.30. The van der Waals surface area contributed by atoms with E-state index < -0.39 is 0 Å². The predicted molar refractivity (Wildman–Crippen MR) is 105 cm³/mol. The number of ether oxygens (including phenoxy) is 1. The summed E-state index contributed by atoms with van der Waals surface area (Å²) in [5, 5.41) is 5.15. The first-order chi connectivity index (χ1) is 12.0. The number of aryl methyl sites for hydroxylation is 1. The highest BCUT2D eigenvalue weighted by atomic mass is 79.9. The number of fused-ring (bicyclic) bond motifs is 1. The number of benzene rings is 3. The van der Waals surface area contributed by atoms with Crippen LogP contribution < -0.4 is 10.1 Å². The Morgan fingerprint density at radius 1 is 1.08 bits per heavy atom. The van der Waals surface area contributed by atoms with Crippen molar-refractivity contribution in [3.63, 3.8) is 0 Å². The van der Waals surface area contributed by atoms with Gasteiger partial charge in [0.15, 0.2) is 6.61 Å². The van der Waals surface area contributed by atoms with Gasteiger partial charge in [-0.3, -0.25) is 4.79 Å². The first kappa shape index (κ1) is 17.5. The van der Waals surface area contributed by atoms with Crippen LogP contribution >= 0.6 is 15.9 Å². The maximum absolute atomic E-state index is 12.2. The van der Waals surface area contributed by atoms with Crippen LogP contribution in [0.3, 0.4) is 0 Å². The molecular weight excluding hydrogens is 378 g/mol. The van der Waals surface area contributed by atoms with Crippen molar-refractivity contribution in [2.45, 2.75) is 19.9 Å². The third-order valence-electron chi connectivity index (χ3n) is 4.14. The molecule has 1 amide bonds. The number of hydrogen-bond donors (Lipinski definition) is 1. The standard InChI is InChI=1S/C21H20BrNO2/c1-14-7-9-16(10-8-14)15(2)23-20(24)13-25-19-12-11-17-5-3-4-6-18(17)21(19)22/h3-12,15H,13H2,1-2H3,(H,23,24). The van der Waals surface area contributed by atoms with E-state index in [0.717, 1.165) is 20.8 Å². The highest BCUT2D eigenvalue weighted by Gasteiger charge is 2.12. The topological polar surface area (TPSA) is 38.3 Å². The first-order valence-electron chi connectivity index (χ1n) is 8.20. The third kappa shape index (κ3) is 4.20. The molecule has 3 rings (SSSR count). The van der Waals surface area contributed by atoms with E-state index in [2.05, 4.69) is 21.2 Å². The number of hydrogen-bond acceptors (Lipinski definition) is 2. The summed E-state index contributed by atoms with van der Waals surface area (Å²) < 4.78 is 6.57. The molecule has 0 aromatic heterocycles. The second kappa shape index (κ2) is 7.70. The molecule has 0 spiro atoms. The molecule has 3 aromatic rings. The molecule has 0 aliphatic carbocycles. The Morgan fingerprint density at radius 2 is 1.80 bits per heavy atom. The minimum atomic E-state index is -0.145. The van der Waals surface area contributed by atoms with E-state index in [0.29, 0.717) is 5.75 Å². The number of carbonyl (C=O) groups excluding carboxylic acids is 1. The van der Waals surface area contributed by atoms with Crippen LogP contribution in [-0.4, -0.2) is 12.5 Å². The summed E-state index contributed by atoms with van der Waals surface area (Å²) in [7, 11) is 0. The fourth-order valence-electron chi connectivity index (χ4n) is 2.69. The number of rotatable bonds is 5. The van der Waals surface area contributed by atoms with Gasteiger partial charge in [-0.2, -0.15) is 0 Å². The Morgan fingerprint density at radius 3 is 2.56 bits per heavy atom. The van der Waals surface area contributed by atoms with Gasteiger partial charge in [0, 0.05) is 0 Å². The lowest BCUT2D eigenvalue weighted by Crippen LogP contribution is -2.31. The molecule has 0 fully saturated rings. The van der Waals surface area contributed by atoms with Crippen LogP contribution in [0.25, 0.3) is 10.8 Å². The molecule has 4 heteroatoms. The monoisotopic (exact) mass is 397 g/mol. The lowest BCUT2D eigenvalue weighted by atomic mass is 10.1. The van der Waals surface area contributed by atoms with E-state index in [1.54, 1.807) is 0 Å². The zero-order chi connectivity index (χ0) is 17.8. The van der Waals surface area contributed by atoms with Crippen LogP contribution in [0.2, 0.25) is 0 Å². The van der Waals surface area contributed by atoms with Crippen molar-refractivity contribution in [1.29, 1.82) is 0 Å². The molecule has 1 N–H and O–H groups in total. The van der Waals surface area contributed by atoms with Gasteiger partial charge in [-0.15, -0.1) is 0 Å². The maximum atomic E-state index is 12.2. The van der Waals surface area contributed by atoms with Crippen LogP contribution in [-0.2, 0) is 4.79 Å². The van der Waals surface area contributed by atoms with Crippen LogP contribution in [0.4, 0.5) is 0 Å². The molecule has 0 saturated carbocycles. The Labute approximate surface area is 156 Å². The average molecular weight is 398 g/mol. The van der Waals surface area contributed by atoms with E-state index in [1.165, 1.54) is 5.56 Å². The summed E-state index contributed by atoms with van der Waals surface area (Å²) in [5.74, 6) is 0.518. The molecule has 3 nitrogen and oxygen atoms in total. The van der Waals surface area contributed by atoms with E-state index in [9.17, 15) is 4.79 Å². The van der Waals surface area contributed by atoms with Gasteiger partial charge >= 0.3 is 0 Å². The van der Waals surface area contributed by atoms with Crippen molar-refractivity contribution in [3.8, 4) is 5.75 Å². The molecule has 3 aromatic carbocycles. The number of amides is 1. The summed E-state index contributed by atoms with van der Waals surface area (Å²) in [5.41, 5.74) is 2.28. The molecule has 0 aliphatic rings. The molecule has 0 saturated heterocycles. The van der Waals surface area contributed by atoms with E-state index >= 15 is 0 Å². The zero-order valence-corrected chi connectivity index (χ0v) is 15.8. The molecule has 1 unspecified atom stereocenters. The first-order valence-corrected chi connectivity index (χ1v) is 9.00. The Kier molecular flexibility index (Phi) is 5.39. The fraction of sp³-hybridized carbons (Fsp3) is 0.190. The van der Waals surface area contributed by atoms with Crippen LogP contribution in [0.15, 0.2) is 65.1 Å². The van der Waals surface area contributed by atoms with E-state index in [1.807, 2.05) is 74.5 Å². The Bertz CT molecular complexity index is 890. The Hall–Kier alpha value is -2.33. The van der Waals surface area contributed by atoms with Gasteiger partial charge in [-0.25, -0.2) is 0 Å². The van der Waals surface area contributed by atoms with E-state index in [-0.39, 0.29) is 18.6 Å². The van der Waals surface area contributed by atoms with Gasteiger partial charge in [0.25, 0.3) is 5.91 Å². The molecular formula is C21H20BrNO2. The smallest absolute Gasteiger partial charge is 0.258 e. The minimum absolute atomic E-state index is 0.0207. The van der Waals surface area contributed by atoms with Gasteiger partial charge in [0.1, 0.15) is 5.75 Å². The molecule has 0 heterocycles. The molecule has 0 bridgehead atoms. The summed E-state index contributed by atoms with van der Waals surface area (Å²) >= 11 is 3.57. The van der Waals surface area contributed by atoms with Crippen LogP contribution in [0, 0.1) is 6.92 Å². The number of carbonyl (C=O) groups is 1. The molecule has 25 heavy (non-hydrogen) atoms. The molecule has 1 atom stereocenters. The average Bonchev–Trinajstić information content (AvgIpc) is 2.62. The van der Waals surface area contributed by atoms with Crippen molar-refractivity contribution in [2.24, 2.45) is 0 Å². The summed E-state index contributed by atoms with van der Waals surface area (Å²) in [6.45, 7) is 3.99. The lowest BCUT2D eigenvalue weighted by molar-refractivity contribution is -0.123. The summed E-state index contributed by atoms with van der Waals surface area (Å²) in [4.78, 5) is 12.2. The largest absolute Gasteiger partial charge is 0.483 e. The number of halogens is 1. The molecule has 0 aliphatic heterocycles. The van der Waals surface area contributed by atoms with Crippen molar-refractivity contribution in [3.05, 3.63) is 76.3 Å². The van der Waals surface area contributed by atoms with Gasteiger partial charge in [0.2, 0.25) is 0 Å². The quantitative estimate of drug-likeness (QED) is 0.644. The van der Waals surface area contributed by atoms with Gasteiger partial charge in [0.05, 0.1) is 10.5 Å². The van der Waals surface area contributed by atoms with Crippen molar-refractivity contribution in [1.82, 2.24) is 5.32 Å². The van der Waals surface area contributed by atoms with Crippen molar-refractivity contribution < 1.29 is 9.53 Å². The van der Waals surface area contributed by atoms with Gasteiger partial charge < -0.3 is 10.1 Å². The third-order valence-corrected chi connectivity index (χ3v) is 4.96.